The first-order chi connectivity index (χ1) is 17.1. The van der Waals surface area contributed by atoms with Crippen LogP contribution in [0.2, 0.25) is 0 Å². The van der Waals surface area contributed by atoms with E-state index in [1.165, 1.54) is 6.20 Å². The maximum Gasteiger partial charge on any atom is 0.490 e. The number of unbranched alkanes of at least 4 members (excludes halogenated alkanes) is 4. The largest absolute Gasteiger partial charge is 0.490 e. The third-order valence-corrected chi connectivity index (χ3v) is 8.54. The number of anilines is 1. The van der Waals surface area contributed by atoms with Crippen molar-refractivity contribution < 1.29 is 56.3 Å². The molecule has 1 saturated heterocycles. The second-order valence-corrected chi connectivity index (χ2v) is 12.2. The van der Waals surface area contributed by atoms with Gasteiger partial charge < -0.3 is 40.9 Å². The van der Waals surface area contributed by atoms with Crippen LogP contribution in [0.25, 0.3) is 0 Å². The Balaban J connectivity index is 2.02. The maximum absolute atomic E-state index is 12.3. The fourth-order valence-corrected chi connectivity index (χ4v) is 6.25. The minimum Gasteiger partial charge on any atom is -0.388 e. The molecule has 0 radical (unpaired) electrons. The van der Waals surface area contributed by atoms with Gasteiger partial charge in [-0.25, -0.2) is 18.5 Å². The highest BCUT2D eigenvalue weighted by molar-refractivity contribution is 7.66. The summed E-state index contributed by atoms with van der Waals surface area (Å²) in [7, 11) is -16.6. The summed E-state index contributed by atoms with van der Waals surface area (Å²) in [6, 6.07) is 0. The first-order valence-corrected chi connectivity index (χ1v) is 15.3. The fraction of sp³-hybridized carbons (Fsp3) is 0.647. The van der Waals surface area contributed by atoms with E-state index in [-0.39, 0.29) is 17.8 Å². The summed E-state index contributed by atoms with van der Waals surface area (Å²) in [5, 5.41) is 10.4. The summed E-state index contributed by atoms with van der Waals surface area (Å²) in [5.41, 5.74) is 10.6. The summed E-state index contributed by atoms with van der Waals surface area (Å²) in [5.74, 6) is 5.63. The number of ether oxygens (including phenoxy) is 1. The molecule has 2 unspecified atom stereocenters. The molecule has 2 heterocycles. The Morgan fingerprint density at radius 2 is 1.78 bits per heavy atom. The quantitative estimate of drug-likeness (QED) is 0.0909. The average Bonchev–Trinajstić information content (AvgIpc) is 3.11. The smallest absolute Gasteiger partial charge is 0.388 e. The zero-order valence-electron chi connectivity index (χ0n) is 19.4. The molecular formula is C17H29N4O13P3. The van der Waals surface area contributed by atoms with E-state index in [1.54, 1.807) is 0 Å². The van der Waals surface area contributed by atoms with Gasteiger partial charge in [-0.15, -0.1) is 0 Å². The number of phosphoric ester groups is 1. The molecule has 2 rings (SSSR count). The SMILES string of the molecule is NCCCCCCC#Cc1cn([C@@H]2O[C@H](COP(=O)(O)OP(=O)(O)OP(=O)(O)O)C[C@H]2O)c(=O)nc1N. The molecule has 0 bridgehead atoms. The van der Waals surface area contributed by atoms with E-state index in [4.69, 9.17) is 26.0 Å². The standard InChI is InChI=1S/C17H29N4O13P3/c18-8-6-4-2-1-3-5-7-12-10-21(17(23)20-15(12)19)16-14(22)9-13(32-16)11-31-36(27,28)34-37(29,30)33-35(24,25)26/h10,13-14,16,22H,1-4,6,8-9,11,18H2,(H,27,28)(H,29,30)(H2,19,20,23)(H2,24,25,26)/t13-,14+,16+/m0/s1. The van der Waals surface area contributed by atoms with Crippen molar-refractivity contribution in [1.29, 1.82) is 0 Å². The van der Waals surface area contributed by atoms with E-state index < -0.39 is 54.2 Å². The topological polar surface area (TPSA) is 276 Å². The lowest BCUT2D eigenvalue weighted by Crippen LogP contribution is -2.32. The van der Waals surface area contributed by atoms with Gasteiger partial charge >= 0.3 is 29.2 Å². The molecule has 1 aromatic heterocycles. The van der Waals surface area contributed by atoms with Crippen molar-refractivity contribution in [2.24, 2.45) is 5.73 Å². The molecule has 1 aliphatic heterocycles. The van der Waals surface area contributed by atoms with Crippen molar-refractivity contribution in [3.05, 3.63) is 22.2 Å². The number of nitrogen functional groups attached to an aromatic ring is 1. The van der Waals surface area contributed by atoms with Crippen molar-refractivity contribution >= 4 is 29.3 Å². The van der Waals surface area contributed by atoms with Crippen LogP contribution in [0.3, 0.4) is 0 Å². The first-order valence-electron chi connectivity index (χ1n) is 10.8. The predicted octanol–water partition coefficient (Wildman–Crippen LogP) is 0.0779. The lowest BCUT2D eigenvalue weighted by atomic mass is 10.1. The van der Waals surface area contributed by atoms with Crippen LogP contribution in [-0.2, 0) is 31.6 Å². The van der Waals surface area contributed by atoms with Crippen molar-refractivity contribution in [1.82, 2.24) is 9.55 Å². The average molecular weight is 590 g/mol. The Kier molecular flexibility index (Phi) is 11.6. The Bertz CT molecular complexity index is 1190. The van der Waals surface area contributed by atoms with Crippen molar-refractivity contribution in [3.8, 4) is 11.8 Å². The molecule has 37 heavy (non-hydrogen) atoms. The fourth-order valence-electron chi connectivity index (χ4n) is 3.20. The second-order valence-electron chi connectivity index (χ2n) is 7.82. The van der Waals surface area contributed by atoms with Gasteiger partial charge in [0.05, 0.1) is 18.3 Å². The van der Waals surface area contributed by atoms with Crippen molar-refractivity contribution in [2.45, 2.75) is 57.0 Å². The molecule has 0 spiro atoms. The van der Waals surface area contributed by atoms with Crippen LogP contribution >= 0.6 is 23.5 Å². The highest BCUT2D eigenvalue weighted by Crippen LogP contribution is 2.66. The summed E-state index contributed by atoms with van der Waals surface area (Å²) >= 11 is 0. The number of nitrogens with zero attached hydrogens (tertiary/aromatic N) is 2. The first kappa shape index (κ1) is 31.7. The summed E-state index contributed by atoms with van der Waals surface area (Å²) < 4.78 is 52.1. The number of hydrogen-bond donors (Lipinski definition) is 7. The molecular weight excluding hydrogens is 561 g/mol. The number of aliphatic hydroxyl groups is 1. The van der Waals surface area contributed by atoms with Gasteiger partial charge in [0.15, 0.2) is 6.23 Å². The third kappa shape index (κ3) is 11.0. The van der Waals surface area contributed by atoms with Gasteiger partial charge in [0.2, 0.25) is 0 Å². The lowest BCUT2D eigenvalue weighted by Gasteiger charge is -2.19. The van der Waals surface area contributed by atoms with Crippen LogP contribution in [0.15, 0.2) is 11.0 Å². The number of rotatable bonds is 13. The molecule has 1 aromatic rings. The number of hydrogen-bond acceptors (Lipinski definition) is 12. The number of aromatic nitrogens is 2. The molecule has 0 saturated carbocycles. The van der Waals surface area contributed by atoms with E-state index in [0.717, 1.165) is 30.3 Å². The summed E-state index contributed by atoms with van der Waals surface area (Å²) in [4.78, 5) is 51.8. The number of phosphoric acid groups is 3. The summed E-state index contributed by atoms with van der Waals surface area (Å²) in [6.45, 7) is -0.158. The second kappa shape index (κ2) is 13.5. The normalized spacial score (nSPS) is 23.1. The highest BCUT2D eigenvalue weighted by atomic mass is 31.3. The van der Waals surface area contributed by atoms with E-state index in [1.807, 2.05) is 0 Å². The Labute approximate surface area is 211 Å². The predicted molar refractivity (Wildman–Crippen MR) is 126 cm³/mol. The maximum atomic E-state index is 12.3. The molecule has 17 nitrogen and oxygen atoms in total. The van der Waals surface area contributed by atoms with E-state index in [2.05, 4.69) is 30.0 Å². The van der Waals surface area contributed by atoms with Crippen LogP contribution in [0.1, 0.15) is 50.3 Å². The molecule has 0 aliphatic carbocycles. The minimum atomic E-state index is -5.68. The van der Waals surface area contributed by atoms with Crippen molar-refractivity contribution in [2.75, 3.05) is 18.9 Å². The van der Waals surface area contributed by atoms with E-state index >= 15 is 0 Å². The molecule has 20 heteroatoms. The van der Waals surface area contributed by atoms with Crippen LogP contribution in [0.4, 0.5) is 5.82 Å². The molecule has 9 N–H and O–H groups in total. The number of nitrogens with two attached hydrogens (primary N) is 2. The highest BCUT2D eigenvalue weighted by Gasteiger charge is 2.42. The molecule has 0 amide bonds. The monoisotopic (exact) mass is 590 g/mol. The molecule has 5 atom stereocenters. The molecule has 1 fully saturated rings. The lowest BCUT2D eigenvalue weighted by molar-refractivity contribution is -0.0523. The van der Waals surface area contributed by atoms with Crippen LogP contribution in [0, 0.1) is 11.8 Å². The molecule has 1 aliphatic rings. The van der Waals surface area contributed by atoms with Gasteiger partial charge in [-0.1, -0.05) is 24.7 Å². The van der Waals surface area contributed by atoms with E-state index in [0.29, 0.717) is 13.0 Å². The Hall–Kier alpha value is -1.47. The van der Waals surface area contributed by atoms with Crippen molar-refractivity contribution in [3.63, 3.8) is 0 Å². The molecule has 210 valence electrons. The number of aliphatic hydroxyl groups excluding tert-OH is 1. The van der Waals surface area contributed by atoms with Gasteiger partial charge in [0.1, 0.15) is 11.9 Å². The summed E-state index contributed by atoms with van der Waals surface area (Å²) in [6.07, 6.45) is 1.64. The molecule has 0 aromatic carbocycles. The van der Waals surface area contributed by atoms with Crippen LogP contribution < -0.4 is 17.2 Å². The van der Waals surface area contributed by atoms with Gasteiger partial charge in [-0.05, 0) is 19.4 Å². The van der Waals surface area contributed by atoms with E-state index in [9.17, 15) is 33.4 Å². The van der Waals surface area contributed by atoms with Gasteiger partial charge in [-0.3, -0.25) is 9.09 Å². The van der Waals surface area contributed by atoms with Gasteiger partial charge in [0.25, 0.3) is 0 Å². The van der Waals surface area contributed by atoms with Gasteiger partial charge in [-0.2, -0.15) is 13.6 Å². The minimum absolute atomic E-state index is 0.117. The van der Waals surface area contributed by atoms with Crippen LogP contribution in [-0.4, -0.2) is 59.6 Å². The Morgan fingerprint density at radius 1 is 1.11 bits per heavy atom. The van der Waals surface area contributed by atoms with Gasteiger partial charge in [0, 0.05) is 19.0 Å². The van der Waals surface area contributed by atoms with Crippen LogP contribution in [0.5, 0.6) is 0 Å². The zero-order valence-corrected chi connectivity index (χ0v) is 22.0. The zero-order chi connectivity index (χ0) is 27.9. The third-order valence-electron chi connectivity index (χ3n) is 4.74. The Morgan fingerprint density at radius 3 is 2.43 bits per heavy atom.